The minimum atomic E-state index is -0.428. The molecule has 0 aliphatic heterocycles. The van der Waals surface area contributed by atoms with Crippen LogP contribution in [0.25, 0.3) is 16.8 Å². The van der Waals surface area contributed by atoms with Crippen molar-refractivity contribution in [3.05, 3.63) is 40.7 Å². The fraction of sp³-hybridized carbons (Fsp3) is 0.368. The summed E-state index contributed by atoms with van der Waals surface area (Å²) in [5.74, 6) is 1.11. The van der Waals surface area contributed by atoms with Gasteiger partial charge in [-0.25, -0.2) is 9.37 Å². The Morgan fingerprint density at radius 1 is 1.28 bits per heavy atom. The van der Waals surface area contributed by atoms with Gasteiger partial charge in [-0.05, 0) is 56.4 Å². The predicted octanol–water partition coefficient (Wildman–Crippen LogP) is 3.59. The normalized spacial score (nSPS) is 13.4. The molecule has 2 aromatic heterocycles. The largest absolute Gasteiger partial charge is 0.508 e. The molecule has 0 bridgehead atoms. The maximum Gasteiger partial charge on any atom is 0.165 e. The first kappa shape index (κ1) is 15.9. The van der Waals surface area contributed by atoms with Crippen LogP contribution in [-0.2, 0) is 12.8 Å². The lowest BCUT2D eigenvalue weighted by Crippen LogP contribution is -2.12. The van der Waals surface area contributed by atoms with E-state index < -0.39 is 6.67 Å². The Morgan fingerprint density at radius 2 is 2.12 bits per heavy atom. The van der Waals surface area contributed by atoms with E-state index in [-0.39, 0.29) is 12.3 Å². The van der Waals surface area contributed by atoms with Gasteiger partial charge in [0.25, 0.3) is 0 Å². The summed E-state index contributed by atoms with van der Waals surface area (Å²) in [5.41, 5.74) is 6.83. The Hall–Kier alpha value is -2.63. The molecule has 130 valence electrons. The smallest absolute Gasteiger partial charge is 0.165 e. The molecule has 25 heavy (non-hydrogen) atoms. The van der Waals surface area contributed by atoms with Crippen LogP contribution in [0, 0.1) is 13.8 Å². The number of nitrogens with zero attached hydrogens (tertiary/aromatic N) is 3. The van der Waals surface area contributed by atoms with Gasteiger partial charge in [0.05, 0.1) is 5.69 Å². The highest BCUT2D eigenvalue weighted by Crippen LogP contribution is 2.36. The summed E-state index contributed by atoms with van der Waals surface area (Å²) in [5, 5.41) is 17.6. The highest BCUT2D eigenvalue weighted by molar-refractivity contribution is 5.83. The number of phenolic OH excluding ortho intramolecular Hbond substituents is 1. The van der Waals surface area contributed by atoms with Gasteiger partial charge < -0.3 is 10.4 Å². The van der Waals surface area contributed by atoms with Gasteiger partial charge in [0.15, 0.2) is 5.65 Å². The van der Waals surface area contributed by atoms with E-state index in [2.05, 4.69) is 5.32 Å². The van der Waals surface area contributed by atoms with Gasteiger partial charge in [0.1, 0.15) is 18.2 Å². The molecule has 2 heterocycles. The zero-order chi connectivity index (χ0) is 17.6. The van der Waals surface area contributed by atoms with Crippen molar-refractivity contribution in [3.8, 4) is 16.9 Å². The number of rotatable bonds is 4. The second kappa shape index (κ2) is 6.02. The quantitative estimate of drug-likeness (QED) is 0.762. The number of benzene rings is 1. The first-order chi connectivity index (χ1) is 12.1. The van der Waals surface area contributed by atoms with Gasteiger partial charge >= 0.3 is 0 Å². The van der Waals surface area contributed by atoms with Crippen LogP contribution >= 0.6 is 0 Å². The predicted molar refractivity (Wildman–Crippen MR) is 96.1 cm³/mol. The van der Waals surface area contributed by atoms with Gasteiger partial charge in [-0.3, -0.25) is 0 Å². The lowest BCUT2D eigenvalue weighted by atomic mass is 10.0. The molecule has 1 aliphatic carbocycles. The van der Waals surface area contributed by atoms with Crippen LogP contribution in [-0.4, -0.2) is 32.9 Å². The highest BCUT2D eigenvalue weighted by Gasteiger charge is 2.24. The summed E-state index contributed by atoms with van der Waals surface area (Å²) in [6.45, 7) is 3.76. The fourth-order valence-corrected chi connectivity index (χ4v) is 3.73. The number of nitrogens with one attached hydrogen (secondary N) is 1. The number of aromatic hydroxyl groups is 1. The summed E-state index contributed by atoms with van der Waals surface area (Å²) in [6.07, 6.45) is 2.94. The number of anilines is 1. The third-order valence-corrected chi connectivity index (χ3v) is 4.83. The molecule has 5 nitrogen and oxygen atoms in total. The first-order valence-corrected chi connectivity index (χ1v) is 8.61. The molecule has 0 fully saturated rings. The molecule has 0 saturated carbocycles. The van der Waals surface area contributed by atoms with Crippen LogP contribution in [0.5, 0.6) is 5.75 Å². The second-order valence-corrected chi connectivity index (χ2v) is 6.55. The van der Waals surface area contributed by atoms with Crippen molar-refractivity contribution >= 4 is 11.5 Å². The Balaban J connectivity index is 1.99. The summed E-state index contributed by atoms with van der Waals surface area (Å²) in [7, 11) is 0. The monoisotopic (exact) mass is 340 g/mol. The van der Waals surface area contributed by atoms with Crippen molar-refractivity contribution in [2.75, 3.05) is 18.5 Å². The van der Waals surface area contributed by atoms with E-state index in [4.69, 9.17) is 10.1 Å². The van der Waals surface area contributed by atoms with Gasteiger partial charge in [-0.2, -0.15) is 9.61 Å². The summed E-state index contributed by atoms with van der Waals surface area (Å²) in [4.78, 5) is 4.89. The molecular weight excluding hydrogens is 319 g/mol. The van der Waals surface area contributed by atoms with Crippen molar-refractivity contribution in [2.45, 2.75) is 33.1 Å². The molecule has 0 spiro atoms. The zero-order valence-electron chi connectivity index (χ0n) is 14.4. The molecular formula is C19H21FN4O. The number of alkyl halides is 1. The first-order valence-electron chi connectivity index (χ1n) is 8.61. The standard InChI is InChI=1S/C19H21FN4O/c1-11-10-13(25)6-7-14(11)17-12(2)23-24-18(21-9-8-20)15-4-3-5-16(15)22-19(17)24/h6-7,10,21,25H,3-5,8-9H2,1-2H3. The highest BCUT2D eigenvalue weighted by atomic mass is 19.1. The van der Waals surface area contributed by atoms with E-state index >= 15 is 0 Å². The third-order valence-electron chi connectivity index (χ3n) is 4.83. The van der Waals surface area contributed by atoms with E-state index in [9.17, 15) is 9.50 Å². The summed E-state index contributed by atoms with van der Waals surface area (Å²) >= 11 is 0. The Morgan fingerprint density at radius 3 is 2.88 bits per heavy atom. The van der Waals surface area contributed by atoms with Crippen LogP contribution in [0.1, 0.15) is 28.9 Å². The lowest BCUT2D eigenvalue weighted by Gasteiger charge is -2.13. The van der Waals surface area contributed by atoms with Crippen molar-refractivity contribution in [1.29, 1.82) is 0 Å². The average molecular weight is 340 g/mol. The number of hydrogen-bond donors (Lipinski definition) is 2. The number of hydrogen-bond acceptors (Lipinski definition) is 4. The third kappa shape index (κ3) is 2.52. The minimum absolute atomic E-state index is 0.245. The number of aryl methyl sites for hydroxylation is 3. The van der Waals surface area contributed by atoms with Gasteiger partial charge in [-0.1, -0.05) is 6.07 Å². The van der Waals surface area contributed by atoms with Gasteiger partial charge in [0.2, 0.25) is 0 Å². The Kier molecular flexibility index (Phi) is 3.82. The van der Waals surface area contributed by atoms with Crippen molar-refractivity contribution < 1.29 is 9.50 Å². The van der Waals surface area contributed by atoms with Gasteiger partial charge in [0, 0.05) is 23.4 Å². The van der Waals surface area contributed by atoms with Crippen LogP contribution in [0.15, 0.2) is 18.2 Å². The second-order valence-electron chi connectivity index (χ2n) is 6.55. The van der Waals surface area contributed by atoms with Crippen LogP contribution in [0.3, 0.4) is 0 Å². The molecule has 0 unspecified atom stereocenters. The Bertz CT molecular complexity index is 964. The van der Waals surface area contributed by atoms with Crippen molar-refractivity contribution in [3.63, 3.8) is 0 Å². The molecule has 1 aromatic carbocycles. The van der Waals surface area contributed by atoms with E-state index in [0.29, 0.717) is 0 Å². The number of aromatic nitrogens is 3. The number of fused-ring (bicyclic) bond motifs is 2. The van der Waals surface area contributed by atoms with Gasteiger partial charge in [-0.15, -0.1) is 0 Å². The fourth-order valence-electron chi connectivity index (χ4n) is 3.73. The maximum absolute atomic E-state index is 12.7. The topological polar surface area (TPSA) is 62.5 Å². The van der Waals surface area contributed by atoms with E-state index in [0.717, 1.165) is 64.4 Å². The molecule has 4 rings (SSSR count). The van der Waals surface area contributed by atoms with E-state index in [1.54, 1.807) is 12.1 Å². The van der Waals surface area contributed by atoms with Crippen LogP contribution in [0.4, 0.5) is 10.2 Å². The van der Waals surface area contributed by atoms with Crippen LogP contribution < -0.4 is 5.32 Å². The van der Waals surface area contributed by atoms with Crippen LogP contribution in [0.2, 0.25) is 0 Å². The maximum atomic E-state index is 12.7. The summed E-state index contributed by atoms with van der Waals surface area (Å²) in [6, 6.07) is 5.33. The summed E-state index contributed by atoms with van der Waals surface area (Å²) < 4.78 is 14.6. The molecule has 3 aromatic rings. The molecule has 1 aliphatic rings. The number of halogens is 1. The number of phenols is 1. The molecule has 0 amide bonds. The molecule has 0 radical (unpaired) electrons. The van der Waals surface area contributed by atoms with E-state index in [1.807, 2.05) is 24.4 Å². The Labute approximate surface area is 145 Å². The molecule has 6 heteroatoms. The minimum Gasteiger partial charge on any atom is -0.508 e. The molecule has 0 atom stereocenters. The molecule has 0 saturated heterocycles. The zero-order valence-corrected chi connectivity index (χ0v) is 14.4. The van der Waals surface area contributed by atoms with Crippen molar-refractivity contribution in [1.82, 2.24) is 14.6 Å². The molecule has 2 N–H and O–H groups in total. The average Bonchev–Trinajstić information content (AvgIpc) is 3.16. The van der Waals surface area contributed by atoms with E-state index in [1.165, 1.54) is 0 Å². The lowest BCUT2D eigenvalue weighted by molar-refractivity contribution is 0.475. The van der Waals surface area contributed by atoms with Crippen molar-refractivity contribution in [2.24, 2.45) is 0 Å². The SMILES string of the molecule is Cc1cc(O)ccc1-c1c(C)nn2c(NCCF)c3c(nc12)CCC3.